The fourth-order valence-electron chi connectivity index (χ4n) is 2.03. The molecule has 0 amide bonds. The Balaban J connectivity index is 1.49. The van der Waals surface area contributed by atoms with Crippen LogP contribution in [0.15, 0.2) is 10.5 Å². The molecule has 6 nitrogen and oxygen atoms in total. The van der Waals surface area contributed by atoms with E-state index in [1.165, 1.54) is 0 Å². The van der Waals surface area contributed by atoms with Crippen molar-refractivity contribution in [2.24, 2.45) is 7.05 Å². The van der Waals surface area contributed by atoms with Crippen molar-refractivity contribution in [3.05, 3.63) is 17.2 Å². The SMILES string of the molecule is Cn1c(Cl)cnc1CSc1nnc(NCC2CCCO2)s1. The maximum absolute atomic E-state index is 5.96. The van der Waals surface area contributed by atoms with Crippen molar-refractivity contribution in [3.63, 3.8) is 0 Å². The van der Waals surface area contributed by atoms with Gasteiger partial charge in [-0.3, -0.25) is 0 Å². The van der Waals surface area contributed by atoms with Crippen molar-refractivity contribution in [2.75, 3.05) is 18.5 Å². The van der Waals surface area contributed by atoms with Crippen LogP contribution in [0.5, 0.6) is 0 Å². The number of aromatic nitrogens is 4. The average molecular weight is 346 g/mol. The van der Waals surface area contributed by atoms with Crippen LogP contribution in [-0.4, -0.2) is 39.0 Å². The molecule has 2 aromatic rings. The molecule has 1 N–H and O–H groups in total. The maximum atomic E-state index is 5.96. The number of imidazole rings is 1. The van der Waals surface area contributed by atoms with Crippen LogP contribution in [-0.2, 0) is 17.5 Å². The lowest BCUT2D eigenvalue weighted by Crippen LogP contribution is -2.18. The molecule has 0 spiro atoms. The number of hydrogen-bond donors (Lipinski definition) is 1. The minimum absolute atomic E-state index is 0.305. The van der Waals surface area contributed by atoms with Gasteiger partial charge < -0.3 is 14.6 Å². The molecule has 1 unspecified atom stereocenters. The van der Waals surface area contributed by atoms with E-state index in [1.807, 2.05) is 11.6 Å². The number of ether oxygens (including phenoxy) is 1. The molecule has 3 rings (SSSR count). The first-order valence-corrected chi connectivity index (χ1v) is 8.88. The summed E-state index contributed by atoms with van der Waals surface area (Å²) in [6.07, 6.45) is 4.23. The maximum Gasteiger partial charge on any atom is 0.206 e. The first-order valence-electron chi connectivity index (χ1n) is 6.70. The largest absolute Gasteiger partial charge is 0.376 e. The van der Waals surface area contributed by atoms with Gasteiger partial charge in [-0.05, 0) is 12.8 Å². The van der Waals surface area contributed by atoms with Crippen LogP contribution in [0, 0.1) is 0 Å². The smallest absolute Gasteiger partial charge is 0.206 e. The average Bonchev–Trinajstić information content (AvgIpc) is 3.20. The third-order valence-electron chi connectivity index (χ3n) is 3.26. The fourth-order valence-corrected chi connectivity index (χ4v) is 3.93. The third kappa shape index (κ3) is 3.88. The summed E-state index contributed by atoms with van der Waals surface area (Å²) < 4.78 is 8.36. The van der Waals surface area contributed by atoms with Crippen molar-refractivity contribution in [1.82, 2.24) is 19.7 Å². The van der Waals surface area contributed by atoms with Crippen LogP contribution in [0.25, 0.3) is 0 Å². The van der Waals surface area contributed by atoms with E-state index in [2.05, 4.69) is 20.5 Å². The van der Waals surface area contributed by atoms with Crippen LogP contribution in [0.2, 0.25) is 5.15 Å². The molecule has 2 aromatic heterocycles. The number of halogens is 1. The molecule has 1 saturated heterocycles. The molecule has 21 heavy (non-hydrogen) atoms. The molecule has 1 atom stereocenters. The van der Waals surface area contributed by atoms with Crippen LogP contribution >= 0.6 is 34.7 Å². The van der Waals surface area contributed by atoms with Gasteiger partial charge in [0, 0.05) is 20.2 Å². The minimum atomic E-state index is 0.305. The number of anilines is 1. The summed E-state index contributed by atoms with van der Waals surface area (Å²) in [4.78, 5) is 4.26. The molecule has 0 radical (unpaired) electrons. The van der Waals surface area contributed by atoms with Gasteiger partial charge in [-0.25, -0.2) is 4.98 Å². The van der Waals surface area contributed by atoms with Gasteiger partial charge in [-0.2, -0.15) is 0 Å². The van der Waals surface area contributed by atoms with E-state index >= 15 is 0 Å². The van der Waals surface area contributed by atoms with Gasteiger partial charge in [0.05, 0.1) is 18.1 Å². The Morgan fingerprint density at radius 1 is 1.57 bits per heavy atom. The number of rotatable bonds is 6. The van der Waals surface area contributed by atoms with Crippen LogP contribution < -0.4 is 5.32 Å². The molecule has 9 heteroatoms. The first-order chi connectivity index (χ1) is 10.2. The van der Waals surface area contributed by atoms with E-state index in [0.29, 0.717) is 11.3 Å². The second-order valence-corrected chi connectivity index (χ2v) is 7.32. The van der Waals surface area contributed by atoms with Gasteiger partial charge in [0.15, 0.2) is 4.34 Å². The molecule has 0 aromatic carbocycles. The van der Waals surface area contributed by atoms with Gasteiger partial charge in [0.2, 0.25) is 5.13 Å². The number of hydrogen-bond acceptors (Lipinski definition) is 7. The molecule has 3 heterocycles. The van der Waals surface area contributed by atoms with Crippen molar-refractivity contribution in [2.45, 2.75) is 29.0 Å². The Labute approximate surface area is 136 Å². The lowest BCUT2D eigenvalue weighted by Gasteiger charge is -2.08. The highest BCUT2D eigenvalue weighted by Crippen LogP contribution is 2.28. The molecule has 1 aliphatic rings. The Kier molecular flexibility index (Phi) is 4.99. The highest BCUT2D eigenvalue weighted by Gasteiger charge is 2.16. The monoisotopic (exact) mass is 345 g/mol. The van der Waals surface area contributed by atoms with Crippen LogP contribution in [0.1, 0.15) is 18.7 Å². The van der Waals surface area contributed by atoms with E-state index in [0.717, 1.165) is 47.0 Å². The topological polar surface area (TPSA) is 64.9 Å². The van der Waals surface area contributed by atoms with Crippen molar-refractivity contribution < 1.29 is 4.74 Å². The summed E-state index contributed by atoms with van der Waals surface area (Å²) in [6, 6.07) is 0. The molecule has 0 bridgehead atoms. The molecule has 0 saturated carbocycles. The van der Waals surface area contributed by atoms with Crippen molar-refractivity contribution in [3.8, 4) is 0 Å². The molecule has 1 aliphatic heterocycles. The number of nitrogens with one attached hydrogen (secondary N) is 1. The highest BCUT2D eigenvalue weighted by molar-refractivity contribution is 8.00. The normalized spacial score (nSPS) is 18.3. The summed E-state index contributed by atoms with van der Waals surface area (Å²) in [5.41, 5.74) is 0. The fraction of sp³-hybridized carbons (Fsp3) is 0.583. The summed E-state index contributed by atoms with van der Waals surface area (Å²) in [7, 11) is 1.90. The summed E-state index contributed by atoms with van der Waals surface area (Å²) >= 11 is 9.13. The first kappa shape index (κ1) is 15.1. The second-order valence-electron chi connectivity index (χ2n) is 4.73. The van der Waals surface area contributed by atoms with E-state index in [1.54, 1.807) is 29.3 Å². The molecule has 114 valence electrons. The molecular formula is C12H16ClN5OS2. The van der Waals surface area contributed by atoms with E-state index < -0.39 is 0 Å². The van der Waals surface area contributed by atoms with Gasteiger partial charge in [-0.1, -0.05) is 34.7 Å². The van der Waals surface area contributed by atoms with E-state index in [4.69, 9.17) is 16.3 Å². The summed E-state index contributed by atoms with van der Waals surface area (Å²) in [6.45, 7) is 1.67. The van der Waals surface area contributed by atoms with Gasteiger partial charge in [0.1, 0.15) is 11.0 Å². The van der Waals surface area contributed by atoms with E-state index in [9.17, 15) is 0 Å². The zero-order valence-corrected chi connectivity index (χ0v) is 14.0. The summed E-state index contributed by atoms with van der Waals surface area (Å²) in [5, 5.41) is 13.1. The highest BCUT2D eigenvalue weighted by atomic mass is 35.5. The van der Waals surface area contributed by atoms with E-state index in [-0.39, 0.29) is 0 Å². The van der Waals surface area contributed by atoms with Crippen LogP contribution in [0.4, 0.5) is 5.13 Å². The lowest BCUT2D eigenvalue weighted by atomic mass is 10.2. The van der Waals surface area contributed by atoms with Crippen molar-refractivity contribution >= 4 is 39.8 Å². The minimum Gasteiger partial charge on any atom is -0.376 e. The molecule has 0 aliphatic carbocycles. The quantitative estimate of drug-likeness (QED) is 0.812. The predicted molar refractivity (Wildman–Crippen MR) is 85.2 cm³/mol. The third-order valence-corrected chi connectivity index (χ3v) is 5.63. The standard InChI is InChI=1S/C12H16ClN5OS2/c1-18-9(13)6-14-10(18)7-20-12-17-16-11(21-12)15-5-8-3-2-4-19-8/h6,8H,2-5,7H2,1H3,(H,15,16). The Morgan fingerprint density at radius 2 is 2.48 bits per heavy atom. The Hall–Kier alpha value is -0.830. The van der Waals surface area contributed by atoms with Gasteiger partial charge >= 0.3 is 0 Å². The van der Waals surface area contributed by atoms with Crippen LogP contribution in [0.3, 0.4) is 0 Å². The van der Waals surface area contributed by atoms with Crippen molar-refractivity contribution in [1.29, 1.82) is 0 Å². The predicted octanol–water partition coefficient (Wildman–Crippen LogP) is 2.81. The summed E-state index contributed by atoms with van der Waals surface area (Å²) in [5.74, 6) is 1.65. The Morgan fingerprint density at radius 3 is 3.19 bits per heavy atom. The van der Waals surface area contributed by atoms with Gasteiger partial charge in [0.25, 0.3) is 0 Å². The molecule has 1 fully saturated rings. The number of nitrogens with zero attached hydrogens (tertiary/aromatic N) is 4. The zero-order chi connectivity index (χ0) is 14.7. The molecular weight excluding hydrogens is 330 g/mol. The zero-order valence-electron chi connectivity index (χ0n) is 11.6. The Bertz CT molecular complexity index is 596. The lowest BCUT2D eigenvalue weighted by molar-refractivity contribution is 0.120. The van der Waals surface area contributed by atoms with Gasteiger partial charge in [-0.15, -0.1) is 10.2 Å². The second kappa shape index (κ2) is 6.95. The number of thioether (sulfide) groups is 1.